The number of pyridine rings is 1. The Morgan fingerprint density at radius 3 is 3.19 bits per heavy atom. The third kappa shape index (κ3) is 1.81. The van der Waals surface area contributed by atoms with Crippen LogP contribution in [0.15, 0.2) is 18.3 Å². The molecule has 0 saturated carbocycles. The van der Waals surface area contributed by atoms with Crippen LogP contribution in [0.1, 0.15) is 6.92 Å². The number of imidazole rings is 1. The van der Waals surface area contributed by atoms with Gasteiger partial charge in [-0.2, -0.15) is 0 Å². The summed E-state index contributed by atoms with van der Waals surface area (Å²) < 4.78 is 6.38. The highest BCUT2D eigenvalue weighted by atomic mass is 16.5. The maximum Gasteiger partial charge on any atom is 0.326 e. The molecule has 2 aromatic heterocycles. The first kappa shape index (κ1) is 10.4. The number of rotatable bonds is 3. The maximum absolute atomic E-state index is 11.4. The van der Waals surface area contributed by atoms with Crippen molar-refractivity contribution in [3.05, 3.63) is 18.3 Å². The normalized spacial score (nSPS) is 10.6. The summed E-state index contributed by atoms with van der Waals surface area (Å²) in [6.07, 6.45) is 1.63. The Balaban J connectivity index is 2.36. The number of fused-ring (bicyclic) bond motifs is 1. The number of carbonyl (C=O) groups is 1. The van der Waals surface area contributed by atoms with Crippen molar-refractivity contribution in [1.29, 1.82) is 0 Å². The number of aromatic nitrogens is 3. The van der Waals surface area contributed by atoms with E-state index in [1.807, 2.05) is 0 Å². The zero-order chi connectivity index (χ0) is 11.5. The summed E-state index contributed by atoms with van der Waals surface area (Å²) in [5, 5.41) is 0. The first-order chi connectivity index (χ1) is 7.72. The van der Waals surface area contributed by atoms with Crippen LogP contribution in [0.4, 0.5) is 5.95 Å². The fourth-order valence-electron chi connectivity index (χ4n) is 1.47. The van der Waals surface area contributed by atoms with E-state index in [0.717, 1.165) is 0 Å². The van der Waals surface area contributed by atoms with Crippen LogP contribution in [-0.2, 0) is 16.1 Å². The molecule has 0 atom stereocenters. The van der Waals surface area contributed by atoms with E-state index in [2.05, 4.69) is 9.97 Å². The molecule has 0 spiro atoms. The molecule has 0 aliphatic carbocycles. The lowest BCUT2D eigenvalue weighted by atomic mass is 10.4. The van der Waals surface area contributed by atoms with Crippen LogP contribution in [0.5, 0.6) is 0 Å². The van der Waals surface area contributed by atoms with Gasteiger partial charge in [-0.15, -0.1) is 0 Å². The van der Waals surface area contributed by atoms with Gasteiger partial charge in [0, 0.05) is 6.20 Å². The number of nitrogen functional groups attached to an aromatic ring is 1. The summed E-state index contributed by atoms with van der Waals surface area (Å²) in [6, 6.07) is 3.56. The van der Waals surface area contributed by atoms with Crippen LogP contribution in [0, 0.1) is 0 Å². The average molecular weight is 220 g/mol. The zero-order valence-corrected chi connectivity index (χ0v) is 8.88. The third-order valence-electron chi connectivity index (χ3n) is 2.13. The Hall–Kier alpha value is -2.11. The number of anilines is 1. The van der Waals surface area contributed by atoms with Crippen LogP contribution in [0.3, 0.4) is 0 Å². The lowest BCUT2D eigenvalue weighted by Gasteiger charge is -2.04. The Morgan fingerprint density at radius 2 is 2.44 bits per heavy atom. The lowest BCUT2D eigenvalue weighted by Crippen LogP contribution is -2.15. The largest absolute Gasteiger partial charge is 0.465 e. The number of hydrogen-bond donors (Lipinski definition) is 1. The van der Waals surface area contributed by atoms with E-state index >= 15 is 0 Å². The van der Waals surface area contributed by atoms with Crippen molar-refractivity contribution in [2.24, 2.45) is 0 Å². The quantitative estimate of drug-likeness (QED) is 0.765. The second-order valence-electron chi connectivity index (χ2n) is 3.21. The van der Waals surface area contributed by atoms with E-state index in [1.165, 1.54) is 4.57 Å². The minimum atomic E-state index is -0.348. The van der Waals surface area contributed by atoms with Crippen molar-refractivity contribution in [2.75, 3.05) is 12.3 Å². The Kier molecular flexibility index (Phi) is 2.72. The molecule has 16 heavy (non-hydrogen) atoms. The van der Waals surface area contributed by atoms with E-state index in [0.29, 0.717) is 17.8 Å². The van der Waals surface area contributed by atoms with Crippen LogP contribution in [-0.4, -0.2) is 27.1 Å². The van der Waals surface area contributed by atoms with Crippen molar-refractivity contribution in [3.8, 4) is 0 Å². The summed E-state index contributed by atoms with van der Waals surface area (Å²) in [7, 11) is 0. The van der Waals surface area contributed by atoms with Crippen molar-refractivity contribution in [1.82, 2.24) is 14.5 Å². The van der Waals surface area contributed by atoms with Gasteiger partial charge in [-0.05, 0) is 19.1 Å². The molecule has 84 valence electrons. The van der Waals surface area contributed by atoms with Crippen LogP contribution in [0.25, 0.3) is 11.2 Å². The smallest absolute Gasteiger partial charge is 0.326 e. The number of ether oxygens (including phenoxy) is 1. The summed E-state index contributed by atoms with van der Waals surface area (Å²) in [6.45, 7) is 2.14. The van der Waals surface area contributed by atoms with Gasteiger partial charge in [0.1, 0.15) is 12.1 Å². The van der Waals surface area contributed by atoms with E-state index in [4.69, 9.17) is 10.5 Å². The molecule has 6 nitrogen and oxygen atoms in total. The van der Waals surface area contributed by atoms with Crippen molar-refractivity contribution < 1.29 is 9.53 Å². The summed E-state index contributed by atoms with van der Waals surface area (Å²) in [5.74, 6) is -0.0825. The van der Waals surface area contributed by atoms with Crippen LogP contribution in [0.2, 0.25) is 0 Å². The highest BCUT2D eigenvalue weighted by Gasteiger charge is 2.12. The maximum atomic E-state index is 11.4. The average Bonchev–Trinajstić information content (AvgIpc) is 2.56. The number of carbonyl (C=O) groups excluding carboxylic acids is 1. The van der Waals surface area contributed by atoms with Gasteiger partial charge in [-0.1, -0.05) is 0 Å². The summed E-state index contributed by atoms with van der Waals surface area (Å²) in [5.41, 5.74) is 6.96. The van der Waals surface area contributed by atoms with Gasteiger partial charge in [-0.3, -0.25) is 9.36 Å². The van der Waals surface area contributed by atoms with E-state index < -0.39 is 0 Å². The molecule has 0 fully saturated rings. The summed E-state index contributed by atoms with van der Waals surface area (Å²) >= 11 is 0. The SMILES string of the molecule is CCOC(=O)Cn1c(N)nc2cccnc21. The molecular weight excluding hydrogens is 208 g/mol. The van der Waals surface area contributed by atoms with Crippen molar-refractivity contribution in [2.45, 2.75) is 13.5 Å². The fourth-order valence-corrected chi connectivity index (χ4v) is 1.47. The second kappa shape index (κ2) is 4.18. The van der Waals surface area contributed by atoms with Gasteiger partial charge in [-0.25, -0.2) is 9.97 Å². The first-order valence-corrected chi connectivity index (χ1v) is 4.94. The number of esters is 1. The predicted molar refractivity (Wildman–Crippen MR) is 58.6 cm³/mol. The molecule has 0 amide bonds. The molecule has 0 aliphatic rings. The molecule has 0 unspecified atom stereocenters. The van der Waals surface area contributed by atoms with E-state index in [-0.39, 0.29) is 18.5 Å². The topological polar surface area (TPSA) is 83.0 Å². The van der Waals surface area contributed by atoms with Gasteiger partial charge in [0.25, 0.3) is 0 Å². The number of nitrogens with two attached hydrogens (primary N) is 1. The lowest BCUT2D eigenvalue weighted by molar-refractivity contribution is -0.143. The molecule has 6 heteroatoms. The van der Waals surface area contributed by atoms with Gasteiger partial charge in [0.15, 0.2) is 5.65 Å². The molecule has 2 aromatic rings. The molecule has 2 rings (SSSR count). The zero-order valence-electron chi connectivity index (χ0n) is 8.88. The van der Waals surface area contributed by atoms with Crippen LogP contribution < -0.4 is 5.73 Å². The van der Waals surface area contributed by atoms with Gasteiger partial charge < -0.3 is 10.5 Å². The molecule has 0 radical (unpaired) electrons. The fraction of sp³-hybridized carbons (Fsp3) is 0.300. The highest BCUT2D eigenvalue weighted by Crippen LogP contribution is 2.14. The monoisotopic (exact) mass is 220 g/mol. The second-order valence-corrected chi connectivity index (χ2v) is 3.21. The molecule has 0 aliphatic heterocycles. The molecule has 0 aromatic carbocycles. The third-order valence-corrected chi connectivity index (χ3v) is 2.13. The van der Waals surface area contributed by atoms with Gasteiger partial charge in [0.2, 0.25) is 5.95 Å². The summed E-state index contributed by atoms with van der Waals surface area (Å²) in [4.78, 5) is 19.6. The minimum absolute atomic E-state index is 0.0349. The Bertz CT molecular complexity index is 521. The molecule has 2 N–H and O–H groups in total. The molecule has 0 saturated heterocycles. The Morgan fingerprint density at radius 1 is 1.62 bits per heavy atom. The first-order valence-electron chi connectivity index (χ1n) is 4.94. The van der Waals surface area contributed by atoms with Gasteiger partial charge in [0.05, 0.1) is 6.61 Å². The molecular formula is C10H12N4O2. The van der Waals surface area contributed by atoms with Crippen molar-refractivity contribution in [3.63, 3.8) is 0 Å². The van der Waals surface area contributed by atoms with E-state index in [1.54, 1.807) is 25.3 Å². The molecule has 0 bridgehead atoms. The van der Waals surface area contributed by atoms with Crippen LogP contribution >= 0.6 is 0 Å². The Labute approximate surface area is 92.0 Å². The molecule has 2 heterocycles. The van der Waals surface area contributed by atoms with Gasteiger partial charge >= 0.3 is 5.97 Å². The highest BCUT2D eigenvalue weighted by molar-refractivity contribution is 5.77. The number of hydrogen-bond acceptors (Lipinski definition) is 5. The predicted octanol–water partition coefficient (Wildman–Crippen LogP) is 0.577. The number of nitrogens with zero attached hydrogens (tertiary/aromatic N) is 3. The van der Waals surface area contributed by atoms with Crippen molar-refractivity contribution >= 4 is 23.1 Å². The standard InChI is InChI=1S/C10H12N4O2/c1-2-16-8(15)6-14-9-7(13-10(14)11)4-3-5-12-9/h3-5H,2,6H2,1H3,(H2,11,13). The van der Waals surface area contributed by atoms with E-state index in [9.17, 15) is 4.79 Å². The minimum Gasteiger partial charge on any atom is -0.465 e.